The van der Waals surface area contributed by atoms with E-state index in [9.17, 15) is 4.79 Å². The van der Waals surface area contributed by atoms with Gasteiger partial charge in [0.1, 0.15) is 10.7 Å². The summed E-state index contributed by atoms with van der Waals surface area (Å²) in [6.45, 7) is 2.86. The monoisotopic (exact) mass is 290 g/mol. The molecule has 0 radical (unpaired) electrons. The van der Waals surface area contributed by atoms with Gasteiger partial charge in [-0.25, -0.2) is 4.98 Å². The molecule has 0 unspecified atom stereocenters. The number of hydrogen-bond acceptors (Lipinski definition) is 7. The average molecular weight is 290 g/mol. The first kappa shape index (κ1) is 12.8. The fraction of sp³-hybridized carbons (Fsp3) is 0.333. The molecular formula is C12H14N6OS. The fourth-order valence-corrected chi connectivity index (χ4v) is 2.62. The van der Waals surface area contributed by atoms with E-state index in [0.29, 0.717) is 23.7 Å². The molecule has 20 heavy (non-hydrogen) atoms. The minimum absolute atomic E-state index is 0.00455. The van der Waals surface area contributed by atoms with Crippen LogP contribution in [0.4, 0.5) is 11.5 Å². The van der Waals surface area contributed by atoms with Gasteiger partial charge in [0, 0.05) is 26.2 Å². The number of rotatable bonds is 2. The molecule has 0 saturated carbocycles. The second kappa shape index (κ2) is 5.41. The lowest BCUT2D eigenvalue weighted by Crippen LogP contribution is -2.48. The summed E-state index contributed by atoms with van der Waals surface area (Å²) in [5.41, 5.74) is 6.28. The predicted octanol–water partition coefficient (Wildman–Crippen LogP) is 0.478. The molecule has 0 atom stereocenters. The van der Waals surface area contributed by atoms with Crippen LogP contribution in [0.2, 0.25) is 0 Å². The van der Waals surface area contributed by atoms with E-state index in [4.69, 9.17) is 5.73 Å². The number of aromatic nitrogens is 3. The first-order valence-electron chi connectivity index (χ1n) is 6.27. The maximum absolute atomic E-state index is 12.2. The molecule has 8 heteroatoms. The summed E-state index contributed by atoms with van der Waals surface area (Å²) >= 11 is 1.13. The minimum atomic E-state index is 0.00455. The Morgan fingerprint density at radius 2 is 2.00 bits per heavy atom. The molecular weight excluding hydrogens is 276 g/mol. The van der Waals surface area contributed by atoms with Gasteiger partial charge in [0.2, 0.25) is 0 Å². The van der Waals surface area contributed by atoms with Crippen molar-refractivity contribution in [3.8, 4) is 0 Å². The Kier molecular flexibility index (Phi) is 3.46. The van der Waals surface area contributed by atoms with Crippen molar-refractivity contribution in [1.29, 1.82) is 0 Å². The van der Waals surface area contributed by atoms with Crippen LogP contribution in [0.25, 0.3) is 0 Å². The number of piperazine rings is 1. The van der Waals surface area contributed by atoms with Crippen molar-refractivity contribution in [3.05, 3.63) is 29.4 Å². The number of anilines is 2. The van der Waals surface area contributed by atoms with Gasteiger partial charge in [-0.2, -0.15) is 0 Å². The summed E-state index contributed by atoms with van der Waals surface area (Å²) in [6.07, 6.45) is 3.16. The van der Waals surface area contributed by atoms with Gasteiger partial charge < -0.3 is 15.5 Å². The lowest BCUT2D eigenvalue weighted by molar-refractivity contribution is 0.0751. The standard InChI is InChI=1S/C12H14N6OS/c13-9-1-2-11(14-7-9)17-3-5-18(6-4-17)12(19)10-8-15-16-20-10/h1-2,7-8H,3-6,13H2. The van der Waals surface area contributed by atoms with Crippen LogP contribution in [-0.4, -0.2) is 51.6 Å². The fourth-order valence-electron chi connectivity index (χ4n) is 2.14. The number of nitrogen functional groups attached to an aromatic ring is 1. The molecule has 7 nitrogen and oxygen atoms in total. The van der Waals surface area contributed by atoms with Crippen molar-refractivity contribution in [2.75, 3.05) is 36.8 Å². The molecule has 0 aliphatic carbocycles. The van der Waals surface area contributed by atoms with E-state index in [2.05, 4.69) is 19.5 Å². The van der Waals surface area contributed by atoms with E-state index >= 15 is 0 Å². The van der Waals surface area contributed by atoms with E-state index in [1.54, 1.807) is 6.20 Å². The molecule has 0 spiro atoms. The highest BCUT2D eigenvalue weighted by Gasteiger charge is 2.23. The minimum Gasteiger partial charge on any atom is -0.397 e. The Balaban J connectivity index is 1.62. The van der Waals surface area contributed by atoms with E-state index in [1.807, 2.05) is 17.0 Å². The first-order valence-corrected chi connectivity index (χ1v) is 7.04. The van der Waals surface area contributed by atoms with Gasteiger partial charge in [-0.1, -0.05) is 4.49 Å². The number of amides is 1. The van der Waals surface area contributed by atoms with Gasteiger partial charge in [-0.05, 0) is 23.7 Å². The number of nitrogens with two attached hydrogens (primary N) is 1. The van der Waals surface area contributed by atoms with Gasteiger partial charge in [0.15, 0.2) is 0 Å². The third-order valence-corrected chi connectivity index (χ3v) is 3.89. The summed E-state index contributed by atoms with van der Waals surface area (Å²) in [5, 5.41) is 3.70. The third kappa shape index (κ3) is 2.55. The molecule has 1 aliphatic rings. The number of hydrogen-bond donors (Lipinski definition) is 1. The van der Waals surface area contributed by atoms with Crippen LogP contribution in [0.1, 0.15) is 9.67 Å². The van der Waals surface area contributed by atoms with Gasteiger partial charge >= 0.3 is 0 Å². The van der Waals surface area contributed by atoms with E-state index < -0.39 is 0 Å². The number of carbonyl (C=O) groups is 1. The quantitative estimate of drug-likeness (QED) is 0.865. The molecule has 2 aromatic rings. The molecule has 1 fully saturated rings. The summed E-state index contributed by atoms with van der Waals surface area (Å²) < 4.78 is 3.72. The van der Waals surface area contributed by atoms with Crippen molar-refractivity contribution in [3.63, 3.8) is 0 Å². The Bertz CT molecular complexity index is 577. The van der Waals surface area contributed by atoms with Crippen LogP contribution in [0.3, 0.4) is 0 Å². The summed E-state index contributed by atoms with van der Waals surface area (Å²) in [4.78, 5) is 21.0. The Morgan fingerprint density at radius 1 is 1.20 bits per heavy atom. The van der Waals surface area contributed by atoms with Gasteiger partial charge in [0.25, 0.3) is 5.91 Å². The highest BCUT2D eigenvalue weighted by atomic mass is 32.1. The van der Waals surface area contributed by atoms with Crippen LogP contribution >= 0.6 is 11.5 Å². The molecule has 104 valence electrons. The van der Waals surface area contributed by atoms with Crippen molar-refractivity contribution in [2.45, 2.75) is 0 Å². The molecule has 0 aromatic carbocycles. The molecule has 2 aromatic heterocycles. The summed E-state index contributed by atoms with van der Waals surface area (Å²) in [5.74, 6) is 0.899. The maximum Gasteiger partial charge on any atom is 0.267 e. The van der Waals surface area contributed by atoms with Gasteiger partial charge in [-0.3, -0.25) is 4.79 Å². The van der Waals surface area contributed by atoms with Crippen LogP contribution in [0.5, 0.6) is 0 Å². The average Bonchev–Trinajstić information content (AvgIpc) is 3.02. The number of nitrogens with zero attached hydrogens (tertiary/aromatic N) is 5. The van der Waals surface area contributed by atoms with Crippen LogP contribution < -0.4 is 10.6 Å². The van der Waals surface area contributed by atoms with E-state index in [1.165, 1.54) is 6.20 Å². The first-order chi connectivity index (χ1) is 9.74. The molecule has 1 amide bonds. The number of carbonyl (C=O) groups excluding carboxylic acids is 1. The van der Waals surface area contributed by atoms with Crippen molar-refractivity contribution >= 4 is 28.9 Å². The van der Waals surface area contributed by atoms with E-state index in [0.717, 1.165) is 30.4 Å². The largest absolute Gasteiger partial charge is 0.397 e. The van der Waals surface area contributed by atoms with Crippen LogP contribution in [0.15, 0.2) is 24.5 Å². The van der Waals surface area contributed by atoms with E-state index in [-0.39, 0.29) is 5.91 Å². The zero-order valence-corrected chi connectivity index (χ0v) is 11.6. The Hall–Kier alpha value is -2.22. The molecule has 3 rings (SSSR count). The highest BCUT2D eigenvalue weighted by Crippen LogP contribution is 2.16. The van der Waals surface area contributed by atoms with Gasteiger partial charge in [0.05, 0.1) is 18.1 Å². The van der Waals surface area contributed by atoms with Crippen molar-refractivity contribution in [2.24, 2.45) is 0 Å². The Labute approximate surface area is 120 Å². The van der Waals surface area contributed by atoms with Crippen LogP contribution in [0, 0.1) is 0 Å². The SMILES string of the molecule is Nc1ccc(N2CCN(C(=O)c3cnns3)CC2)nc1. The molecule has 2 N–H and O–H groups in total. The third-order valence-electron chi connectivity index (χ3n) is 3.23. The zero-order valence-electron chi connectivity index (χ0n) is 10.8. The predicted molar refractivity (Wildman–Crippen MR) is 76.7 cm³/mol. The van der Waals surface area contributed by atoms with Gasteiger partial charge in [-0.15, -0.1) is 5.10 Å². The molecule has 1 saturated heterocycles. The lowest BCUT2D eigenvalue weighted by Gasteiger charge is -2.35. The smallest absolute Gasteiger partial charge is 0.267 e. The molecule has 3 heterocycles. The summed E-state index contributed by atoms with van der Waals surface area (Å²) in [7, 11) is 0. The normalized spacial score (nSPS) is 15.4. The highest BCUT2D eigenvalue weighted by molar-refractivity contribution is 7.07. The summed E-state index contributed by atoms with van der Waals surface area (Å²) in [6, 6.07) is 3.74. The maximum atomic E-state index is 12.2. The number of pyridine rings is 1. The van der Waals surface area contributed by atoms with Crippen molar-refractivity contribution < 1.29 is 4.79 Å². The lowest BCUT2D eigenvalue weighted by atomic mass is 10.3. The Morgan fingerprint density at radius 3 is 2.60 bits per heavy atom. The zero-order chi connectivity index (χ0) is 13.9. The van der Waals surface area contributed by atoms with Crippen molar-refractivity contribution in [1.82, 2.24) is 19.5 Å². The topological polar surface area (TPSA) is 88.2 Å². The second-order valence-electron chi connectivity index (χ2n) is 4.51. The molecule has 1 aliphatic heterocycles. The second-order valence-corrected chi connectivity index (χ2v) is 5.30. The molecule has 0 bridgehead atoms. The van der Waals surface area contributed by atoms with Crippen LogP contribution in [-0.2, 0) is 0 Å².